The van der Waals surface area contributed by atoms with Gasteiger partial charge in [-0.1, -0.05) is 82.1 Å². The van der Waals surface area contributed by atoms with Crippen molar-refractivity contribution in [1.29, 1.82) is 0 Å². The third-order valence-corrected chi connectivity index (χ3v) is 24.5. The lowest BCUT2D eigenvalue weighted by molar-refractivity contribution is -0.128. The zero-order valence-electron chi connectivity index (χ0n) is 31.9. The Morgan fingerprint density at radius 2 is 1.39 bits per heavy atom. The minimum atomic E-state index is -1.73. The number of hydrogen-bond donors (Lipinski definition) is 1. The van der Waals surface area contributed by atoms with Crippen molar-refractivity contribution in [2.24, 2.45) is 52.3 Å². The van der Waals surface area contributed by atoms with E-state index < -0.39 is 16.6 Å². The van der Waals surface area contributed by atoms with Gasteiger partial charge in [0.1, 0.15) is 0 Å². The highest BCUT2D eigenvalue weighted by molar-refractivity contribution is 6.74. The van der Waals surface area contributed by atoms with Gasteiger partial charge in [-0.2, -0.15) is 0 Å². The van der Waals surface area contributed by atoms with Crippen molar-refractivity contribution in [2.45, 2.75) is 188 Å². The molecule has 0 bridgehead atoms. The van der Waals surface area contributed by atoms with Gasteiger partial charge in [0, 0.05) is 12.7 Å². The first-order chi connectivity index (χ1) is 20.0. The Morgan fingerprint density at radius 3 is 2.00 bits per heavy atom. The Labute approximate surface area is 277 Å². The molecule has 0 aromatic heterocycles. The molecule has 0 heterocycles. The minimum absolute atomic E-state index is 0.114. The summed E-state index contributed by atoms with van der Waals surface area (Å²) in [4.78, 5) is 0. The fraction of sp³-hybridized carbons (Fsp3) is 1.00. The van der Waals surface area contributed by atoms with Gasteiger partial charge >= 0.3 is 0 Å². The number of aliphatic hydroxyl groups excluding tert-OH is 1. The Balaban J connectivity index is 1.34. The Kier molecular flexibility index (Phi) is 11.0. The molecule has 5 heteroatoms. The summed E-state index contributed by atoms with van der Waals surface area (Å²) in [6, 6.07) is 0. The summed E-state index contributed by atoms with van der Waals surface area (Å²) in [6.45, 7) is 34.8. The first-order valence-corrected chi connectivity index (χ1v) is 24.8. The second kappa shape index (κ2) is 13.0. The standard InChI is InChI=1S/C39H76O3Si2/c1-27(26-41-43(11,12)36(3,4)5)16-15-17-28(2)35-34(40)25-33-31-19-18-29-24-30(42-44(13,14)37(6,7)8)20-22-38(29,9)32(31)21-23-39(33,35)10/h27-35,40H,15-26H2,1-14H3/t27-,28-,29+,30+,31-,32+,33+,34-,35+,38+,39+/m1/s1. The maximum atomic E-state index is 11.7. The zero-order valence-corrected chi connectivity index (χ0v) is 33.9. The van der Waals surface area contributed by atoms with Gasteiger partial charge < -0.3 is 14.0 Å². The van der Waals surface area contributed by atoms with Gasteiger partial charge in [-0.25, -0.2) is 0 Å². The maximum absolute atomic E-state index is 11.7. The second-order valence-electron chi connectivity index (χ2n) is 20.4. The van der Waals surface area contributed by atoms with E-state index in [-0.39, 0.29) is 16.2 Å². The molecule has 4 aliphatic carbocycles. The monoisotopic (exact) mass is 649 g/mol. The molecule has 44 heavy (non-hydrogen) atoms. The number of aliphatic hydroxyl groups is 1. The molecule has 0 aromatic carbocycles. The van der Waals surface area contributed by atoms with Gasteiger partial charge in [-0.05, 0) is 146 Å². The van der Waals surface area contributed by atoms with Crippen LogP contribution in [0.3, 0.4) is 0 Å². The van der Waals surface area contributed by atoms with Crippen LogP contribution in [0, 0.1) is 52.3 Å². The van der Waals surface area contributed by atoms with Gasteiger partial charge in [-0.15, -0.1) is 0 Å². The summed E-state index contributed by atoms with van der Waals surface area (Å²) in [6.07, 6.45) is 14.5. The predicted molar refractivity (Wildman–Crippen MR) is 194 cm³/mol. The van der Waals surface area contributed by atoms with Crippen molar-refractivity contribution < 1.29 is 14.0 Å². The summed E-state index contributed by atoms with van der Waals surface area (Å²) in [5.74, 6) is 4.86. The van der Waals surface area contributed by atoms with E-state index in [9.17, 15) is 5.11 Å². The van der Waals surface area contributed by atoms with Crippen LogP contribution in [0.2, 0.25) is 36.3 Å². The summed E-state index contributed by atoms with van der Waals surface area (Å²) >= 11 is 0. The fourth-order valence-electron chi connectivity index (χ4n) is 10.6. The fourth-order valence-corrected chi connectivity index (χ4v) is 13.2. The van der Waals surface area contributed by atoms with Crippen LogP contribution in [-0.4, -0.2) is 40.6 Å². The Hall–Kier alpha value is 0.314. The van der Waals surface area contributed by atoms with E-state index in [1.54, 1.807) is 0 Å². The van der Waals surface area contributed by atoms with Crippen LogP contribution in [0.1, 0.15) is 140 Å². The van der Waals surface area contributed by atoms with Gasteiger partial charge in [0.25, 0.3) is 0 Å². The normalized spacial score (nSPS) is 39.8. The first-order valence-electron chi connectivity index (χ1n) is 19.0. The van der Waals surface area contributed by atoms with Gasteiger partial charge in [0.15, 0.2) is 16.6 Å². The molecule has 4 rings (SSSR count). The molecule has 0 aliphatic heterocycles. The molecule has 258 valence electrons. The van der Waals surface area contributed by atoms with E-state index in [1.165, 1.54) is 64.2 Å². The Bertz CT molecular complexity index is 965. The van der Waals surface area contributed by atoms with E-state index in [0.29, 0.717) is 40.6 Å². The average Bonchev–Trinajstić information content (AvgIpc) is 3.16. The van der Waals surface area contributed by atoms with Gasteiger partial charge in [0.2, 0.25) is 0 Å². The van der Waals surface area contributed by atoms with Gasteiger partial charge in [-0.3, -0.25) is 0 Å². The van der Waals surface area contributed by atoms with E-state index in [4.69, 9.17) is 8.85 Å². The topological polar surface area (TPSA) is 38.7 Å². The molecular weight excluding hydrogens is 573 g/mol. The predicted octanol–water partition coefficient (Wildman–Crippen LogP) is 11.5. The van der Waals surface area contributed by atoms with Crippen LogP contribution in [0.4, 0.5) is 0 Å². The molecule has 0 saturated heterocycles. The molecule has 1 N–H and O–H groups in total. The minimum Gasteiger partial charge on any atom is -0.417 e. The van der Waals surface area contributed by atoms with E-state index in [1.807, 2.05) is 0 Å². The molecule has 4 saturated carbocycles. The van der Waals surface area contributed by atoms with E-state index in [0.717, 1.165) is 30.8 Å². The largest absolute Gasteiger partial charge is 0.417 e. The molecular formula is C39H76O3Si2. The molecule has 0 aromatic rings. The SMILES string of the molecule is C[C@H](CCC[C@@H](C)[C@H]1[C@H](O)C[C@H]2[C@@H]3CC[C@H]4C[C@@H](O[Si](C)(C)C(C)(C)C)CC[C@]4(C)[C@H]3CC[C@]12C)CO[Si](C)(C)C(C)(C)C. The molecule has 3 nitrogen and oxygen atoms in total. The third kappa shape index (κ3) is 7.18. The lowest BCUT2D eigenvalue weighted by Gasteiger charge is -2.61. The molecule has 0 radical (unpaired) electrons. The smallest absolute Gasteiger partial charge is 0.192 e. The highest BCUT2D eigenvalue weighted by atomic mass is 28.4. The summed E-state index contributed by atoms with van der Waals surface area (Å²) in [5, 5.41) is 12.2. The molecule has 4 fully saturated rings. The van der Waals surface area contributed by atoms with Gasteiger partial charge in [0.05, 0.1) is 6.10 Å². The molecule has 0 amide bonds. The average molecular weight is 649 g/mol. The lowest BCUT2D eigenvalue weighted by atomic mass is 9.44. The highest BCUT2D eigenvalue weighted by Gasteiger charge is 2.63. The molecule has 4 aliphatic rings. The van der Waals surface area contributed by atoms with Crippen LogP contribution >= 0.6 is 0 Å². The van der Waals surface area contributed by atoms with Crippen LogP contribution < -0.4 is 0 Å². The zero-order chi connectivity index (χ0) is 33.1. The molecule has 11 atom stereocenters. The van der Waals surface area contributed by atoms with Crippen LogP contribution in [0.25, 0.3) is 0 Å². The summed E-state index contributed by atoms with van der Waals surface area (Å²) in [5.41, 5.74) is 0.776. The molecule has 0 spiro atoms. The van der Waals surface area contributed by atoms with E-state index in [2.05, 4.69) is 95.4 Å². The van der Waals surface area contributed by atoms with Crippen molar-refractivity contribution in [1.82, 2.24) is 0 Å². The first kappa shape index (κ1) is 37.1. The van der Waals surface area contributed by atoms with E-state index >= 15 is 0 Å². The van der Waals surface area contributed by atoms with Crippen molar-refractivity contribution in [3.63, 3.8) is 0 Å². The summed E-state index contributed by atoms with van der Waals surface area (Å²) in [7, 11) is -3.41. The van der Waals surface area contributed by atoms with Crippen molar-refractivity contribution >= 4 is 16.6 Å². The Morgan fingerprint density at radius 1 is 0.773 bits per heavy atom. The quantitative estimate of drug-likeness (QED) is 0.240. The third-order valence-electron chi connectivity index (χ3n) is 15.5. The number of fused-ring (bicyclic) bond motifs is 5. The highest BCUT2D eigenvalue weighted by Crippen LogP contribution is 2.68. The second-order valence-corrected chi connectivity index (χ2v) is 30.0. The van der Waals surface area contributed by atoms with Crippen molar-refractivity contribution in [2.75, 3.05) is 6.61 Å². The van der Waals surface area contributed by atoms with Crippen molar-refractivity contribution in [3.05, 3.63) is 0 Å². The summed E-state index contributed by atoms with van der Waals surface area (Å²) < 4.78 is 13.5. The van der Waals surface area contributed by atoms with Crippen LogP contribution in [-0.2, 0) is 8.85 Å². The number of hydrogen-bond acceptors (Lipinski definition) is 3. The maximum Gasteiger partial charge on any atom is 0.192 e. The lowest BCUT2D eigenvalue weighted by Crippen LogP contribution is -2.55. The van der Waals surface area contributed by atoms with Crippen LogP contribution in [0.5, 0.6) is 0 Å². The van der Waals surface area contributed by atoms with Crippen LogP contribution in [0.15, 0.2) is 0 Å². The number of rotatable bonds is 10. The molecule has 0 unspecified atom stereocenters. The van der Waals surface area contributed by atoms with Crippen molar-refractivity contribution in [3.8, 4) is 0 Å².